The smallest absolute Gasteiger partial charge is 0.321 e. The zero-order valence-corrected chi connectivity index (χ0v) is 12.8. The SMILES string of the molecule is C=CCN(CC(=O)OCC)S(=O)(=O)c1ccc([N+](=O)[O-])cc1. The van der Waals surface area contributed by atoms with Gasteiger partial charge in [0.15, 0.2) is 0 Å². The summed E-state index contributed by atoms with van der Waals surface area (Å²) in [7, 11) is -3.98. The Kier molecular flexibility index (Phi) is 6.20. The van der Waals surface area contributed by atoms with Crippen LogP contribution in [-0.4, -0.2) is 43.3 Å². The van der Waals surface area contributed by atoms with Gasteiger partial charge in [-0.05, 0) is 19.1 Å². The number of nitrogens with zero attached hydrogens (tertiary/aromatic N) is 2. The molecule has 0 atom stereocenters. The molecule has 0 fully saturated rings. The van der Waals surface area contributed by atoms with Gasteiger partial charge < -0.3 is 4.74 Å². The number of nitro groups is 1. The fourth-order valence-electron chi connectivity index (χ4n) is 1.63. The van der Waals surface area contributed by atoms with Crippen LogP contribution < -0.4 is 0 Å². The minimum Gasteiger partial charge on any atom is -0.465 e. The van der Waals surface area contributed by atoms with Crippen molar-refractivity contribution >= 4 is 21.7 Å². The van der Waals surface area contributed by atoms with Crippen molar-refractivity contribution in [3.8, 4) is 0 Å². The summed E-state index contributed by atoms with van der Waals surface area (Å²) in [5, 5.41) is 10.6. The van der Waals surface area contributed by atoms with Crippen LogP contribution in [0.25, 0.3) is 0 Å². The first-order valence-corrected chi connectivity index (χ1v) is 7.78. The van der Waals surface area contributed by atoms with Gasteiger partial charge in [-0.15, -0.1) is 6.58 Å². The quantitative estimate of drug-likeness (QED) is 0.308. The maximum Gasteiger partial charge on any atom is 0.321 e. The number of nitro benzene ring substituents is 1. The van der Waals surface area contributed by atoms with E-state index in [1.165, 1.54) is 6.08 Å². The van der Waals surface area contributed by atoms with Gasteiger partial charge in [0.25, 0.3) is 5.69 Å². The third-order valence-corrected chi connectivity index (χ3v) is 4.45. The monoisotopic (exact) mass is 328 g/mol. The van der Waals surface area contributed by atoms with Gasteiger partial charge in [-0.3, -0.25) is 14.9 Å². The number of rotatable bonds is 8. The predicted molar refractivity (Wildman–Crippen MR) is 78.7 cm³/mol. The number of hydrogen-bond donors (Lipinski definition) is 0. The highest BCUT2D eigenvalue weighted by Crippen LogP contribution is 2.19. The van der Waals surface area contributed by atoms with Crippen LogP contribution in [0.4, 0.5) is 5.69 Å². The topological polar surface area (TPSA) is 107 Å². The van der Waals surface area contributed by atoms with Gasteiger partial charge in [-0.2, -0.15) is 4.31 Å². The fraction of sp³-hybridized carbons (Fsp3) is 0.308. The van der Waals surface area contributed by atoms with E-state index in [0.29, 0.717) is 0 Å². The Morgan fingerprint density at radius 2 is 2.00 bits per heavy atom. The molecule has 0 amide bonds. The highest BCUT2D eigenvalue weighted by atomic mass is 32.2. The average molecular weight is 328 g/mol. The minimum absolute atomic E-state index is 0.0852. The molecule has 0 aliphatic heterocycles. The highest BCUT2D eigenvalue weighted by Gasteiger charge is 2.26. The van der Waals surface area contributed by atoms with E-state index in [4.69, 9.17) is 4.74 Å². The molecule has 1 aromatic carbocycles. The molecule has 22 heavy (non-hydrogen) atoms. The molecule has 1 aromatic rings. The van der Waals surface area contributed by atoms with E-state index in [-0.39, 0.29) is 23.7 Å². The zero-order chi connectivity index (χ0) is 16.8. The fourth-order valence-corrected chi connectivity index (χ4v) is 2.99. The Hall–Kier alpha value is -2.26. The van der Waals surface area contributed by atoms with Gasteiger partial charge in [-0.25, -0.2) is 8.42 Å². The molecule has 0 radical (unpaired) electrons. The number of hydrogen-bond acceptors (Lipinski definition) is 6. The van der Waals surface area contributed by atoms with Crippen LogP contribution in [0.2, 0.25) is 0 Å². The van der Waals surface area contributed by atoms with E-state index < -0.39 is 27.5 Å². The number of benzene rings is 1. The molecule has 0 aliphatic rings. The second kappa shape index (κ2) is 7.66. The van der Waals surface area contributed by atoms with Crippen LogP contribution in [0.1, 0.15) is 6.92 Å². The number of carbonyl (C=O) groups excluding carboxylic acids is 1. The van der Waals surface area contributed by atoms with Crippen molar-refractivity contribution in [2.24, 2.45) is 0 Å². The summed E-state index contributed by atoms with van der Waals surface area (Å²) in [6.07, 6.45) is 1.34. The van der Waals surface area contributed by atoms with Gasteiger partial charge in [0.05, 0.1) is 16.4 Å². The van der Waals surface area contributed by atoms with Crippen molar-refractivity contribution < 1.29 is 22.9 Å². The summed E-state index contributed by atoms with van der Waals surface area (Å²) in [6, 6.07) is 4.41. The van der Waals surface area contributed by atoms with Gasteiger partial charge in [0.1, 0.15) is 6.54 Å². The maximum absolute atomic E-state index is 12.4. The maximum atomic E-state index is 12.4. The Balaban J connectivity index is 3.07. The first-order valence-electron chi connectivity index (χ1n) is 6.34. The molecule has 0 aromatic heterocycles. The molecule has 0 aliphatic carbocycles. The highest BCUT2D eigenvalue weighted by molar-refractivity contribution is 7.89. The Bertz CT molecular complexity index is 654. The van der Waals surface area contributed by atoms with Gasteiger partial charge in [0.2, 0.25) is 10.0 Å². The lowest BCUT2D eigenvalue weighted by molar-refractivity contribution is -0.384. The van der Waals surface area contributed by atoms with Crippen LogP contribution in [0, 0.1) is 10.1 Å². The van der Waals surface area contributed by atoms with E-state index in [9.17, 15) is 23.3 Å². The minimum atomic E-state index is -3.98. The van der Waals surface area contributed by atoms with Crippen molar-refractivity contribution in [1.82, 2.24) is 4.31 Å². The van der Waals surface area contributed by atoms with Crippen LogP contribution >= 0.6 is 0 Å². The molecule has 9 heteroatoms. The van der Waals surface area contributed by atoms with Gasteiger partial charge >= 0.3 is 5.97 Å². The number of sulfonamides is 1. The van der Waals surface area contributed by atoms with Crippen LogP contribution in [0.5, 0.6) is 0 Å². The van der Waals surface area contributed by atoms with Gasteiger partial charge in [-0.1, -0.05) is 6.08 Å². The van der Waals surface area contributed by atoms with E-state index in [1.807, 2.05) is 0 Å². The largest absolute Gasteiger partial charge is 0.465 e. The second-order valence-electron chi connectivity index (χ2n) is 4.14. The molecule has 1 rings (SSSR count). The standard InChI is InChI=1S/C13H16N2O6S/c1-3-9-14(10-13(16)21-4-2)22(19,20)12-7-5-11(6-8-12)15(17)18/h3,5-8H,1,4,9-10H2,2H3. The predicted octanol–water partition coefficient (Wildman–Crippen LogP) is 1.33. The van der Waals surface area contributed by atoms with Crippen molar-refractivity contribution in [2.45, 2.75) is 11.8 Å². The lowest BCUT2D eigenvalue weighted by atomic mass is 10.3. The summed E-state index contributed by atoms with van der Waals surface area (Å²) < 4.78 is 30.5. The van der Waals surface area contributed by atoms with Crippen molar-refractivity contribution in [3.05, 3.63) is 47.0 Å². The van der Waals surface area contributed by atoms with Gasteiger partial charge in [0, 0.05) is 18.7 Å². The van der Waals surface area contributed by atoms with E-state index >= 15 is 0 Å². The summed E-state index contributed by atoms with van der Waals surface area (Å²) in [5.74, 6) is -0.685. The summed E-state index contributed by atoms with van der Waals surface area (Å²) >= 11 is 0. The number of esters is 1. The number of non-ortho nitro benzene ring substituents is 1. The molecule has 0 unspecified atom stereocenters. The van der Waals surface area contributed by atoms with Crippen LogP contribution in [0.3, 0.4) is 0 Å². The van der Waals surface area contributed by atoms with Crippen molar-refractivity contribution in [2.75, 3.05) is 19.7 Å². The molecule has 0 heterocycles. The van der Waals surface area contributed by atoms with E-state index in [1.54, 1.807) is 6.92 Å². The summed E-state index contributed by atoms with van der Waals surface area (Å²) in [6.45, 7) is 4.66. The molecule has 120 valence electrons. The van der Waals surface area contributed by atoms with Crippen LogP contribution in [0.15, 0.2) is 41.8 Å². The lowest BCUT2D eigenvalue weighted by Gasteiger charge is -2.19. The van der Waals surface area contributed by atoms with Crippen molar-refractivity contribution in [3.63, 3.8) is 0 Å². The zero-order valence-electron chi connectivity index (χ0n) is 12.0. The first kappa shape index (κ1) is 17.8. The molecule has 0 bridgehead atoms. The molecular weight excluding hydrogens is 312 g/mol. The molecule has 0 saturated carbocycles. The third kappa shape index (κ3) is 4.37. The summed E-state index contributed by atoms with van der Waals surface area (Å²) in [5.41, 5.74) is -0.223. The average Bonchev–Trinajstić information content (AvgIpc) is 2.47. The lowest BCUT2D eigenvalue weighted by Crippen LogP contribution is -2.36. The number of carbonyl (C=O) groups is 1. The Morgan fingerprint density at radius 3 is 2.45 bits per heavy atom. The van der Waals surface area contributed by atoms with E-state index in [0.717, 1.165) is 28.6 Å². The second-order valence-corrected chi connectivity index (χ2v) is 6.08. The Labute approximate surface area is 128 Å². The number of ether oxygens (including phenoxy) is 1. The van der Waals surface area contributed by atoms with E-state index in [2.05, 4.69) is 6.58 Å². The first-order chi connectivity index (χ1) is 10.3. The molecule has 0 N–H and O–H groups in total. The molecule has 8 nitrogen and oxygen atoms in total. The van der Waals surface area contributed by atoms with Crippen LogP contribution in [-0.2, 0) is 19.6 Å². The molecular formula is C13H16N2O6S. The normalized spacial score (nSPS) is 11.2. The third-order valence-electron chi connectivity index (χ3n) is 2.63. The summed E-state index contributed by atoms with van der Waals surface area (Å²) in [4.78, 5) is 21.3. The Morgan fingerprint density at radius 1 is 1.41 bits per heavy atom. The van der Waals surface area contributed by atoms with Crippen molar-refractivity contribution in [1.29, 1.82) is 0 Å². The molecule has 0 saturated heterocycles. The molecule has 0 spiro atoms.